The third-order valence-corrected chi connectivity index (χ3v) is 3.40. The second-order valence-corrected chi connectivity index (χ2v) is 5.25. The third kappa shape index (κ3) is 7.44. The molecular weight excluding hydrogens is 300 g/mol. The predicted molar refractivity (Wildman–Crippen MR) is 83.6 cm³/mol. The molecule has 6 nitrogen and oxygen atoms in total. The molecule has 1 rings (SSSR count). The third-order valence-electron chi connectivity index (χ3n) is 3.40. The molecule has 1 aromatic carbocycles. The van der Waals surface area contributed by atoms with E-state index >= 15 is 0 Å². The number of hydrogen-bond acceptors (Lipinski definition) is 4. The van der Waals surface area contributed by atoms with Gasteiger partial charge >= 0.3 is 17.9 Å². The molecule has 0 bridgehead atoms. The average molecular weight is 322 g/mol. The summed E-state index contributed by atoms with van der Waals surface area (Å²) in [4.78, 5) is 33.2. The van der Waals surface area contributed by atoms with Crippen molar-refractivity contribution < 1.29 is 29.3 Å². The lowest BCUT2D eigenvalue weighted by molar-refractivity contribution is -0.137. The first-order chi connectivity index (χ1) is 11.0. The molecule has 126 valence electrons. The van der Waals surface area contributed by atoms with Crippen LogP contribution in [0.15, 0.2) is 24.3 Å². The van der Waals surface area contributed by atoms with Crippen LogP contribution < -0.4 is 0 Å². The molecule has 0 fully saturated rings. The Labute approximate surface area is 135 Å². The molecule has 0 unspecified atom stereocenters. The van der Waals surface area contributed by atoms with Gasteiger partial charge in [0.25, 0.3) is 0 Å². The summed E-state index contributed by atoms with van der Waals surface area (Å²) >= 11 is 0. The Hall–Kier alpha value is -2.37. The van der Waals surface area contributed by atoms with E-state index in [2.05, 4.69) is 0 Å². The highest BCUT2D eigenvalue weighted by atomic mass is 16.5. The smallest absolute Gasteiger partial charge is 0.339 e. The Morgan fingerprint density at radius 2 is 1.39 bits per heavy atom. The van der Waals surface area contributed by atoms with Crippen molar-refractivity contribution in [1.29, 1.82) is 0 Å². The first-order valence-electron chi connectivity index (χ1n) is 7.73. The van der Waals surface area contributed by atoms with Crippen molar-refractivity contribution in [2.24, 2.45) is 0 Å². The van der Waals surface area contributed by atoms with Crippen molar-refractivity contribution >= 4 is 17.9 Å². The average Bonchev–Trinajstić information content (AvgIpc) is 2.52. The number of esters is 1. The Morgan fingerprint density at radius 3 is 2.00 bits per heavy atom. The highest BCUT2D eigenvalue weighted by Crippen LogP contribution is 2.11. The minimum Gasteiger partial charge on any atom is -0.481 e. The van der Waals surface area contributed by atoms with Crippen molar-refractivity contribution in [1.82, 2.24) is 0 Å². The molecule has 23 heavy (non-hydrogen) atoms. The van der Waals surface area contributed by atoms with Gasteiger partial charge < -0.3 is 14.9 Å². The molecule has 0 saturated carbocycles. The van der Waals surface area contributed by atoms with Crippen molar-refractivity contribution in [2.45, 2.75) is 44.9 Å². The number of hydrogen-bond donors (Lipinski definition) is 2. The number of benzene rings is 1. The molecule has 0 spiro atoms. The predicted octanol–water partition coefficient (Wildman–Crippen LogP) is 3.36. The van der Waals surface area contributed by atoms with Crippen LogP contribution >= 0.6 is 0 Å². The lowest BCUT2D eigenvalue weighted by atomic mass is 10.1. The van der Waals surface area contributed by atoms with E-state index in [1.54, 1.807) is 12.1 Å². The Morgan fingerprint density at radius 1 is 0.826 bits per heavy atom. The van der Waals surface area contributed by atoms with E-state index in [0.29, 0.717) is 12.8 Å². The number of carboxylic acids is 2. The van der Waals surface area contributed by atoms with Crippen LogP contribution in [0, 0.1) is 0 Å². The monoisotopic (exact) mass is 322 g/mol. The topological polar surface area (TPSA) is 101 Å². The van der Waals surface area contributed by atoms with Crippen molar-refractivity contribution in [3.05, 3.63) is 35.4 Å². The standard InChI is InChI=1S/C17H22O6/c18-15(19)11-5-3-1-2-4-8-12-23-17(22)14-10-7-6-9-13(14)16(20)21/h6-7,9-10H,1-5,8,11-12H2,(H,18,19)(H,20,21). The number of carboxylic acid groups (broad SMARTS) is 2. The Kier molecular flexibility index (Phi) is 8.42. The van der Waals surface area contributed by atoms with E-state index in [-0.39, 0.29) is 24.2 Å². The highest BCUT2D eigenvalue weighted by molar-refractivity contribution is 6.02. The minimum absolute atomic E-state index is 0.0593. The number of rotatable bonds is 11. The first kappa shape index (κ1) is 18.7. The molecule has 0 aromatic heterocycles. The molecule has 1 aromatic rings. The highest BCUT2D eigenvalue weighted by Gasteiger charge is 2.16. The number of aromatic carboxylic acids is 1. The molecular formula is C17H22O6. The van der Waals surface area contributed by atoms with Crippen LogP contribution in [0.3, 0.4) is 0 Å². The lowest BCUT2D eigenvalue weighted by Gasteiger charge is -2.07. The molecule has 0 atom stereocenters. The van der Waals surface area contributed by atoms with E-state index < -0.39 is 17.9 Å². The Balaban J connectivity index is 2.18. The second kappa shape index (κ2) is 10.4. The lowest BCUT2D eigenvalue weighted by Crippen LogP contribution is -2.12. The zero-order valence-corrected chi connectivity index (χ0v) is 13.0. The summed E-state index contributed by atoms with van der Waals surface area (Å²) in [7, 11) is 0. The quantitative estimate of drug-likeness (QED) is 0.478. The van der Waals surface area contributed by atoms with Gasteiger partial charge in [0, 0.05) is 6.42 Å². The molecule has 0 saturated heterocycles. The van der Waals surface area contributed by atoms with Gasteiger partial charge in [-0.15, -0.1) is 0 Å². The SMILES string of the molecule is O=C(O)CCCCCCCCOC(=O)c1ccccc1C(=O)O. The molecule has 0 amide bonds. The first-order valence-corrected chi connectivity index (χ1v) is 7.73. The minimum atomic E-state index is -1.15. The fraction of sp³-hybridized carbons (Fsp3) is 0.471. The summed E-state index contributed by atoms with van der Waals surface area (Å²) in [6, 6.07) is 5.97. The normalized spacial score (nSPS) is 10.3. The van der Waals surface area contributed by atoms with Crippen LogP contribution in [0.4, 0.5) is 0 Å². The molecule has 0 aliphatic rings. The molecule has 0 aliphatic heterocycles. The summed E-state index contributed by atoms with van der Waals surface area (Å²) in [6.07, 6.45) is 5.31. The van der Waals surface area contributed by atoms with Crippen molar-refractivity contribution in [3.8, 4) is 0 Å². The van der Waals surface area contributed by atoms with E-state index in [4.69, 9.17) is 14.9 Å². The molecule has 0 heterocycles. The molecule has 0 aliphatic carbocycles. The molecule has 2 N–H and O–H groups in total. The van der Waals surface area contributed by atoms with Gasteiger partial charge in [-0.3, -0.25) is 4.79 Å². The molecule has 6 heteroatoms. The number of carbonyl (C=O) groups excluding carboxylic acids is 1. The zero-order valence-electron chi connectivity index (χ0n) is 13.0. The zero-order chi connectivity index (χ0) is 17.1. The summed E-state index contributed by atoms with van der Waals surface area (Å²) < 4.78 is 5.10. The van der Waals surface area contributed by atoms with Crippen molar-refractivity contribution in [3.63, 3.8) is 0 Å². The van der Waals surface area contributed by atoms with Gasteiger partial charge in [0.2, 0.25) is 0 Å². The summed E-state index contributed by atoms with van der Waals surface area (Å²) in [5.74, 6) is -2.54. The van der Waals surface area contributed by atoms with Crippen LogP contribution in [0.1, 0.15) is 65.7 Å². The van der Waals surface area contributed by atoms with Crippen LogP contribution in [0.2, 0.25) is 0 Å². The molecule has 0 radical (unpaired) electrons. The van der Waals surface area contributed by atoms with Crippen molar-refractivity contribution in [2.75, 3.05) is 6.61 Å². The number of aliphatic carboxylic acids is 1. The van der Waals surface area contributed by atoms with Gasteiger partial charge in [0.1, 0.15) is 0 Å². The maximum atomic E-state index is 11.9. The number of ether oxygens (including phenoxy) is 1. The fourth-order valence-corrected chi connectivity index (χ4v) is 2.18. The van der Waals surface area contributed by atoms with Crippen LogP contribution in [0.5, 0.6) is 0 Å². The van der Waals surface area contributed by atoms with Gasteiger partial charge in [-0.2, -0.15) is 0 Å². The van der Waals surface area contributed by atoms with Gasteiger partial charge in [-0.25, -0.2) is 9.59 Å². The van der Waals surface area contributed by atoms with E-state index in [1.807, 2.05) is 0 Å². The van der Waals surface area contributed by atoms with Gasteiger partial charge in [-0.1, -0.05) is 37.8 Å². The summed E-state index contributed by atoms with van der Waals surface area (Å²) in [6.45, 7) is 0.252. The fourth-order valence-electron chi connectivity index (χ4n) is 2.18. The van der Waals surface area contributed by atoms with Gasteiger partial charge in [0.15, 0.2) is 0 Å². The van der Waals surface area contributed by atoms with Crippen LogP contribution in [0.25, 0.3) is 0 Å². The van der Waals surface area contributed by atoms with Crippen LogP contribution in [-0.4, -0.2) is 34.7 Å². The maximum absolute atomic E-state index is 11.9. The van der Waals surface area contributed by atoms with Gasteiger partial charge in [-0.05, 0) is 25.0 Å². The van der Waals surface area contributed by atoms with E-state index in [1.165, 1.54) is 12.1 Å². The maximum Gasteiger partial charge on any atom is 0.339 e. The summed E-state index contributed by atoms with van der Waals surface area (Å²) in [5, 5.41) is 17.5. The Bertz CT molecular complexity index is 538. The number of carbonyl (C=O) groups is 3. The summed E-state index contributed by atoms with van der Waals surface area (Å²) in [5.41, 5.74) is 0.00426. The van der Waals surface area contributed by atoms with Gasteiger partial charge in [0.05, 0.1) is 17.7 Å². The number of unbranched alkanes of at least 4 members (excludes halogenated alkanes) is 5. The second-order valence-electron chi connectivity index (χ2n) is 5.25. The van der Waals surface area contributed by atoms with E-state index in [9.17, 15) is 14.4 Å². The van der Waals surface area contributed by atoms with E-state index in [0.717, 1.165) is 25.7 Å². The van der Waals surface area contributed by atoms with Crippen LogP contribution in [-0.2, 0) is 9.53 Å². The largest absolute Gasteiger partial charge is 0.481 e.